The van der Waals surface area contributed by atoms with Gasteiger partial charge in [0.25, 0.3) is 0 Å². The van der Waals surface area contributed by atoms with Crippen molar-refractivity contribution in [2.45, 2.75) is 82.8 Å². The van der Waals surface area contributed by atoms with Crippen LogP contribution in [0.5, 0.6) is 0 Å². The summed E-state index contributed by atoms with van der Waals surface area (Å²) in [5.74, 6) is -0.0928. The van der Waals surface area contributed by atoms with Crippen molar-refractivity contribution in [3.63, 3.8) is 0 Å². The summed E-state index contributed by atoms with van der Waals surface area (Å²) in [5, 5.41) is 9.97. The van der Waals surface area contributed by atoms with Gasteiger partial charge in [0.15, 0.2) is 0 Å². The molecule has 130 valence electrons. The number of hydrogen-bond donors (Lipinski definition) is 2. The first-order valence-electron chi connectivity index (χ1n) is 9.18. The Hall–Kier alpha value is -0.480. The number of aliphatic hydroxyl groups excluding tert-OH is 1. The Bertz CT molecular complexity index is 551. The van der Waals surface area contributed by atoms with E-state index in [1.165, 1.54) is 0 Å². The van der Waals surface area contributed by atoms with Crippen LogP contribution in [0.25, 0.3) is 0 Å². The van der Waals surface area contributed by atoms with Crippen molar-refractivity contribution in [3.05, 3.63) is 11.6 Å². The van der Waals surface area contributed by atoms with Gasteiger partial charge < -0.3 is 10.8 Å². The molecular formula is C19H29F2NO. The highest BCUT2D eigenvalue weighted by Crippen LogP contribution is 2.67. The molecule has 0 unspecified atom stereocenters. The molecule has 4 rings (SSSR count). The second-order valence-electron chi connectivity index (χ2n) is 9.05. The van der Waals surface area contributed by atoms with Crippen LogP contribution in [0, 0.1) is 22.7 Å². The van der Waals surface area contributed by atoms with E-state index in [1.54, 1.807) is 0 Å². The van der Waals surface area contributed by atoms with E-state index >= 15 is 4.39 Å². The van der Waals surface area contributed by atoms with Crippen LogP contribution in [0.4, 0.5) is 8.78 Å². The first kappa shape index (κ1) is 16.0. The summed E-state index contributed by atoms with van der Waals surface area (Å²) in [6, 6.07) is -0.455. The lowest BCUT2D eigenvalue weighted by molar-refractivity contribution is -0.135. The number of rotatable bonds is 0. The zero-order valence-electron chi connectivity index (χ0n) is 14.2. The molecule has 8 atom stereocenters. The Morgan fingerprint density at radius 1 is 1.22 bits per heavy atom. The van der Waals surface area contributed by atoms with E-state index in [0.29, 0.717) is 44.9 Å². The Morgan fingerprint density at radius 3 is 2.70 bits per heavy atom. The molecule has 23 heavy (non-hydrogen) atoms. The van der Waals surface area contributed by atoms with Gasteiger partial charge in [-0.15, -0.1) is 0 Å². The van der Waals surface area contributed by atoms with E-state index in [1.807, 2.05) is 6.92 Å². The lowest BCUT2D eigenvalue weighted by Crippen LogP contribution is -2.61. The number of hydrogen-bond acceptors (Lipinski definition) is 2. The standard InChI is InChI=1S/C19H29F2NO/c1-17-7-8-19(21)13(14(17)10-15(20)16(17)22)4-3-11-9-12(23)5-6-18(11,19)2/h3,12-16,23H,4-10,22H2,1-2H3/t12-,13-,14-,15+,16-,17-,18-,19+/m0/s1. The van der Waals surface area contributed by atoms with Crippen molar-refractivity contribution in [1.82, 2.24) is 0 Å². The summed E-state index contributed by atoms with van der Waals surface area (Å²) in [5.41, 5.74) is 5.23. The van der Waals surface area contributed by atoms with E-state index in [2.05, 4.69) is 13.0 Å². The van der Waals surface area contributed by atoms with Crippen LogP contribution in [-0.4, -0.2) is 29.1 Å². The molecule has 4 aliphatic carbocycles. The third-order valence-electron chi connectivity index (χ3n) is 8.26. The predicted molar refractivity (Wildman–Crippen MR) is 86.3 cm³/mol. The van der Waals surface area contributed by atoms with E-state index in [-0.39, 0.29) is 23.4 Å². The second-order valence-corrected chi connectivity index (χ2v) is 9.05. The summed E-state index contributed by atoms with van der Waals surface area (Å²) in [4.78, 5) is 0. The second kappa shape index (κ2) is 4.78. The van der Waals surface area contributed by atoms with Gasteiger partial charge >= 0.3 is 0 Å². The minimum atomic E-state index is -1.27. The fourth-order valence-corrected chi connectivity index (χ4v) is 6.54. The molecule has 0 saturated heterocycles. The third-order valence-corrected chi connectivity index (χ3v) is 8.26. The molecule has 4 aliphatic rings. The number of halogens is 2. The molecule has 0 aromatic rings. The number of nitrogens with two attached hydrogens (primary N) is 1. The van der Waals surface area contributed by atoms with Gasteiger partial charge in [-0.3, -0.25) is 0 Å². The van der Waals surface area contributed by atoms with Crippen LogP contribution in [0.2, 0.25) is 0 Å². The molecule has 0 aliphatic heterocycles. The number of fused-ring (bicyclic) bond motifs is 5. The molecule has 2 nitrogen and oxygen atoms in total. The third kappa shape index (κ3) is 1.85. The zero-order chi connectivity index (χ0) is 16.6. The van der Waals surface area contributed by atoms with Gasteiger partial charge in [-0.25, -0.2) is 8.78 Å². The monoisotopic (exact) mass is 325 g/mol. The van der Waals surface area contributed by atoms with Crippen molar-refractivity contribution in [1.29, 1.82) is 0 Å². The van der Waals surface area contributed by atoms with Crippen LogP contribution < -0.4 is 5.73 Å². The van der Waals surface area contributed by atoms with Gasteiger partial charge in [0, 0.05) is 17.4 Å². The smallest absolute Gasteiger partial charge is 0.123 e. The van der Waals surface area contributed by atoms with Gasteiger partial charge in [-0.2, -0.15) is 0 Å². The molecule has 0 amide bonds. The maximum atomic E-state index is 16.4. The molecule has 0 spiro atoms. The van der Waals surface area contributed by atoms with Crippen molar-refractivity contribution in [3.8, 4) is 0 Å². The average Bonchev–Trinajstić information content (AvgIpc) is 2.73. The average molecular weight is 325 g/mol. The summed E-state index contributed by atoms with van der Waals surface area (Å²) in [6.07, 6.45) is 5.03. The van der Waals surface area contributed by atoms with Crippen LogP contribution >= 0.6 is 0 Å². The molecule has 4 heteroatoms. The predicted octanol–water partition coefficient (Wildman–Crippen LogP) is 3.68. The van der Waals surface area contributed by atoms with Crippen LogP contribution in [0.1, 0.15) is 58.8 Å². The lowest BCUT2D eigenvalue weighted by Gasteiger charge is -2.60. The minimum Gasteiger partial charge on any atom is -0.393 e. The quantitative estimate of drug-likeness (QED) is 0.668. The number of alkyl halides is 2. The Morgan fingerprint density at radius 2 is 1.96 bits per heavy atom. The molecule has 3 N–H and O–H groups in total. The van der Waals surface area contributed by atoms with Crippen molar-refractivity contribution < 1.29 is 13.9 Å². The SMILES string of the molecule is C[C@]12CC[C@@]3(F)[C@@H](CC=C4C[C@@H](O)CC[C@@]43C)[C@@H]1C[C@@H](F)[C@@H]2N. The lowest BCUT2D eigenvalue weighted by atomic mass is 9.46. The Balaban J connectivity index is 1.75. The van der Waals surface area contributed by atoms with E-state index in [0.717, 1.165) is 5.57 Å². The zero-order valence-corrected chi connectivity index (χ0v) is 14.2. The van der Waals surface area contributed by atoms with E-state index in [9.17, 15) is 9.50 Å². The maximum Gasteiger partial charge on any atom is 0.123 e. The van der Waals surface area contributed by atoms with Gasteiger partial charge in [-0.05, 0) is 56.3 Å². The molecule has 3 saturated carbocycles. The van der Waals surface area contributed by atoms with Gasteiger partial charge in [0.2, 0.25) is 0 Å². The highest BCUT2D eigenvalue weighted by Gasteiger charge is 2.67. The Labute approximate surface area is 137 Å². The van der Waals surface area contributed by atoms with E-state index < -0.39 is 23.3 Å². The highest BCUT2D eigenvalue weighted by atomic mass is 19.1. The Kier molecular flexibility index (Phi) is 3.33. The normalized spacial score (nSPS) is 58.9. The van der Waals surface area contributed by atoms with Crippen molar-refractivity contribution in [2.24, 2.45) is 28.4 Å². The molecule has 0 aromatic carbocycles. The fourth-order valence-electron chi connectivity index (χ4n) is 6.54. The first-order chi connectivity index (χ1) is 10.7. The molecular weight excluding hydrogens is 296 g/mol. The summed E-state index contributed by atoms with van der Waals surface area (Å²) >= 11 is 0. The van der Waals surface area contributed by atoms with Crippen LogP contribution in [-0.2, 0) is 0 Å². The molecule has 0 bridgehead atoms. The van der Waals surface area contributed by atoms with Crippen LogP contribution in [0.3, 0.4) is 0 Å². The summed E-state index contributed by atoms with van der Waals surface area (Å²) in [7, 11) is 0. The number of allylic oxidation sites excluding steroid dienone is 1. The van der Waals surface area contributed by atoms with Gasteiger partial charge in [-0.1, -0.05) is 25.5 Å². The molecule has 0 aromatic heterocycles. The molecule has 3 fully saturated rings. The molecule has 0 radical (unpaired) electrons. The van der Waals surface area contributed by atoms with Gasteiger partial charge in [0.05, 0.1) is 6.10 Å². The summed E-state index contributed by atoms with van der Waals surface area (Å²) < 4.78 is 30.8. The van der Waals surface area contributed by atoms with Crippen molar-refractivity contribution >= 4 is 0 Å². The topological polar surface area (TPSA) is 46.2 Å². The highest BCUT2D eigenvalue weighted by molar-refractivity contribution is 5.31. The molecule has 0 heterocycles. The van der Waals surface area contributed by atoms with Crippen molar-refractivity contribution in [2.75, 3.05) is 0 Å². The first-order valence-corrected chi connectivity index (χ1v) is 9.18. The number of aliphatic hydroxyl groups is 1. The van der Waals surface area contributed by atoms with Gasteiger partial charge in [0.1, 0.15) is 11.8 Å². The maximum absolute atomic E-state index is 16.4. The largest absolute Gasteiger partial charge is 0.393 e. The van der Waals surface area contributed by atoms with E-state index in [4.69, 9.17) is 5.73 Å². The minimum absolute atomic E-state index is 0.0349. The van der Waals surface area contributed by atoms with Crippen LogP contribution in [0.15, 0.2) is 11.6 Å². The fraction of sp³-hybridized carbons (Fsp3) is 0.895. The summed E-state index contributed by atoms with van der Waals surface area (Å²) in [6.45, 7) is 4.12.